The summed E-state index contributed by atoms with van der Waals surface area (Å²) in [5, 5.41) is 8.83. The van der Waals surface area contributed by atoms with Gasteiger partial charge in [0.25, 0.3) is 0 Å². The van der Waals surface area contributed by atoms with Gasteiger partial charge in [0.1, 0.15) is 18.2 Å². The molecule has 1 N–H and O–H groups in total. The first-order chi connectivity index (χ1) is 7.20. The Morgan fingerprint density at radius 3 is 2.93 bits per heavy atom. The molecule has 0 bridgehead atoms. The van der Waals surface area contributed by atoms with E-state index in [0.717, 1.165) is 0 Å². The third kappa shape index (κ3) is 2.13. The molecule has 2 rings (SSSR count). The molecular formula is C10H9BrFNO2. The Balaban J connectivity index is 2.24. The summed E-state index contributed by atoms with van der Waals surface area (Å²) >= 11 is 3.08. The molecule has 0 aliphatic carbocycles. The van der Waals surface area contributed by atoms with E-state index in [1.54, 1.807) is 23.2 Å². The van der Waals surface area contributed by atoms with Crippen LogP contribution < -0.4 is 4.90 Å². The molecule has 15 heavy (non-hydrogen) atoms. The fraction of sp³-hybridized carbons (Fsp3) is 0.200. The zero-order chi connectivity index (χ0) is 10.8. The molecule has 1 aliphatic rings. The maximum absolute atomic E-state index is 13.2. The lowest BCUT2D eigenvalue weighted by atomic mass is 10.3. The lowest BCUT2D eigenvalue weighted by molar-refractivity contribution is 0.185. The Kier molecular flexibility index (Phi) is 2.93. The zero-order valence-electron chi connectivity index (χ0n) is 7.78. The molecule has 0 radical (unpaired) electrons. The second kappa shape index (κ2) is 4.20. The number of ether oxygens (including phenoxy) is 1. The summed E-state index contributed by atoms with van der Waals surface area (Å²) in [5.41, 5.74) is 0.694. The predicted molar refractivity (Wildman–Crippen MR) is 57.7 cm³/mol. The number of aliphatic hydroxyl groups excluding tert-OH is 1. The van der Waals surface area contributed by atoms with Crippen molar-refractivity contribution < 1.29 is 14.2 Å². The number of hydrogen-bond donors (Lipinski definition) is 1. The van der Waals surface area contributed by atoms with E-state index >= 15 is 0 Å². The number of benzene rings is 1. The van der Waals surface area contributed by atoms with Crippen molar-refractivity contribution in [2.75, 3.05) is 18.2 Å². The molecule has 0 saturated carbocycles. The van der Waals surface area contributed by atoms with Gasteiger partial charge in [0, 0.05) is 11.9 Å². The normalized spacial score (nSPS) is 15.1. The Labute approximate surface area is 94.9 Å². The number of aliphatic hydroxyl groups is 1. The predicted octanol–water partition coefficient (Wildman–Crippen LogP) is 2.22. The summed E-state index contributed by atoms with van der Waals surface area (Å²) in [6.07, 6.45) is 1.66. The topological polar surface area (TPSA) is 32.7 Å². The molecule has 0 aromatic heterocycles. The van der Waals surface area contributed by atoms with E-state index in [9.17, 15) is 4.39 Å². The van der Waals surface area contributed by atoms with Crippen molar-refractivity contribution in [3.05, 3.63) is 40.4 Å². The fourth-order valence-electron chi connectivity index (χ4n) is 1.30. The van der Waals surface area contributed by atoms with Crippen molar-refractivity contribution in [3.8, 4) is 0 Å². The summed E-state index contributed by atoms with van der Waals surface area (Å²) in [5.74, 6) is 0.164. The van der Waals surface area contributed by atoms with Crippen molar-refractivity contribution in [2.24, 2.45) is 0 Å². The van der Waals surface area contributed by atoms with Crippen LogP contribution in [0.25, 0.3) is 0 Å². The van der Waals surface area contributed by atoms with Gasteiger partial charge in [-0.15, -0.1) is 0 Å². The van der Waals surface area contributed by atoms with Gasteiger partial charge in [0.05, 0.1) is 4.47 Å². The molecule has 0 saturated heterocycles. The molecule has 5 heteroatoms. The van der Waals surface area contributed by atoms with Crippen LogP contribution in [0.4, 0.5) is 10.1 Å². The minimum atomic E-state index is -0.321. The van der Waals surface area contributed by atoms with Gasteiger partial charge < -0.3 is 14.7 Å². The lowest BCUT2D eigenvalue weighted by Gasteiger charge is -2.13. The number of halogens is 2. The van der Waals surface area contributed by atoms with Gasteiger partial charge in [0.2, 0.25) is 0 Å². The summed E-state index contributed by atoms with van der Waals surface area (Å²) in [6, 6.07) is 4.81. The first kappa shape index (κ1) is 10.4. The number of anilines is 1. The zero-order valence-corrected chi connectivity index (χ0v) is 9.37. The Bertz CT molecular complexity index is 408. The van der Waals surface area contributed by atoms with Crippen molar-refractivity contribution >= 4 is 21.6 Å². The number of nitrogens with zero attached hydrogens (tertiary/aromatic N) is 1. The summed E-state index contributed by atoms with van der Waals surface area (Å²) < 4.78 is 18.8. The van der Waals surface area contributed by atoms with Crippen molar-refractivity contribution in [2.45, 2.75) is 0 Å². The largest absolute Gasteiger partial charge is 0.473 e. The van der Waals surface area contributed by atoms with E-state index in [-0.39, 0.29) is 12.4 Å². The molecular weight excluding hydrogens is 265 g/mol. The summed E-state index contributed by atoms with van der Waals surface area (Å²) in [7, 11) is 0. The summed E-state index contributed by atoms with van der Waals surface area (Å²) in [6.45, 7) is 0.159. The average molecular weight is 274 g/mol. The molecule has 0 amide bonds. The first-order valence-corrected chi connectivity index (χ1v) is 5.16. The highest BCUT2D eigenvalue weighted by atomic mass is 79.9. The second-order valence-electron chi connectivity index (χ2n) is 3.10. The van der Waals surface area contributed by atoms with Crippen LogP contribution in [-0.4, -0.2) is 18.4 Å². The molecule has 0 atom stereocenters. The second-order valence-corrected chi connectivity index (χ2v) is 3.95. The van der Waals surface area contributed by atoms with E-state index in [0.29, 0.717) is 22.7 Å². The van der Waals surface area contributed by atoms with Crippen LogP contribution >= 0.6 is 15.9 Å². The van der Waals surface area contributed by atoms with E-state index in [2.05, 4.69) is 15.9 Å². The third-order valence-electron chi connectivity index (χ3n) is 2.08. The van der Waals surface area contributed by atoms with Gasteiger partial charge in [-0.1, -0.05) is 0 Å². The van der Waals surface area contributed by atoms with Crippen molar-refractivity contribution in [3.63, 3.8) is 0 Å². The molecule has 0 fully saturated rings. The monoisotopic (exact) mass is 273 g/mol. The van der Waals surface area contributed by atoms with Crippen LogP contribution in [0.1, 0.15) is 0 Å². The fourth-order valence-corrected chi connectivity index (χ4v) is 1.55. The van der Waals surface area contributed by atoms with E-state index < -0.39 is 0 Å². The standard InChI is InChI=1S/C10H9BrFNO2/c11-9-2-1-7(3-10(9)12)13-4-8(5-14)15-6-13/h1-4,14H,5-6H2. The van der Waals surface area contributed by atoms with Gasteiger partial charge in [0.15, 0.2) is 6.73 Å². The Morgan fingerprint density at radius 2 is 2.33 bits per heavy atom. The average Bonchev–Trinajstić information content (AvgIpc) is 2.70. The van der Waals surface area contributed by atoms with E-state index in [4.69, 9.17) is 9.84 Å². The summed E-state index contributed by atoms with van der Waals surface area (Å²) in [4.78, 5) is 1.72. The minimum absolute atomic E-state index is 0.143. The lowest BCUT2D eigenvalue weighted by Crippen LogP contribution is -2.13. The molecule has 1 aromatic carbocycles. The van der Waals surface area contributed by atoms with Gasteiger partial charge in [-0.05, 0) is 34.1 Å². The van der Waals surface area contributed by atoms with Crippen LogP contribution in [0.5, 0.6) is 0 Å². The Morgan fingerprint density at radius 1 is 1.53 bits per heavy atom. The van der Waals surface area contributed by atoms with E-state index in [1.807, 2.05) is 0 Å². The molecule has 80 valence electrons. The van der Waals surface area contributed by atoms with Gasteiger partial charge >= 0.3 is 0 Å². The maximum atomic E-state index is 13.2. The van der Waals surface area contributed by atoms with Crippen LogP contribution in [-0.2, 0) is 4.74 Å². The smallest absolute Gasteiger partial charge is 0.165 e. The van der Waals surface area contributed by atoms with Crippen LogP contribution in [0, 0.1) is 5.82 Å². The van der Waals surface area contributed by atoms with Crippen molar-refractivity contribution in [1.29, 1.82) is 0 Å². The van der Waals surface area contributed by atoms with E-state index in [1.165, 1.54) is 6.07 Å². The first-order valence-electron chi connectivity index (χ1n) is 4.37. The molecule has 3 nitrogen and oxygen atoms in total. The Hall–Kier alpha value is -1.07. The molecule has 0 unspecified atom stereocenters. The van der Waals surface area contributed by atoms with Crippen molar-refractivity contribution in [1.82, 2.24) is 0 Å². The number of rotatable bonds is 2. The molecule has 1 heterocycles. The highest BCUT2D eigenvalue weighted by Crippen LogP contribution is 2.25. The van der Waals surface area contributed by atoms with Gasteiger partial charge in [-0.25, -0.2) is 4.39 Å². The molecule has 0 spiro atoms. The third-order valence-corrected chi connectivity index (χ3v) is 2.72. The highest BCUT2D eigenvalue weighted by Gasteiger charge is 2.15. The maximum Gasteiger partial charge on any atom is 0.165 e. The molecule has 1 aromatic rings. The van der Waals surface area contributed by atoms with Gasteiger partial charge in [-0.2, -0.15) is 0 Å². The number of hydrogen-bond acceptors (Lipinski definition) is 3. The SMILES string of the molecule is OCC1=CN(c2ccc(Br)c(F)c2)CO1. The minimum Gasteiger partial charge on any atom is -0.473 e. The van der Waals surface area contributed by atoms with Crippen LogP contribution in [0.15, 0.2) is 34.6 Å². The van der Waals surface area contributed by atoms with Crippen LogP contribution in [0.2, 0.25) is 0 Å². The quantitative estimate of drug-likeness (QED) is 0.897. The molecule has 1 aliphatic heterocycles. The van der Waals surface area contributed by atoms with Gasteiger partial charge in [-0.3, -0.25) is 0 Å². The van der Waals surface area contributed by atoms with Crippen LogP contribution in [0.3, 0.4) is 0 Å². The highest BCUT2D eigenvalue weighted by molar-refractivity contribution is 9.10.